The molecule has 0 bridgehead atoms. The zero-order valence-electron chi connectivity index (χ0n) is 36.4. The van der Waals surface area contributed by atoms with Crippen LogP contribution in [-0.2, 0) is 59.2 Å². The standard InChI is InChI=1S/C40H64N12O11/c1-6-22(4)34(51-35(58)25(42)17-23-9-11-24(41)12-10-23)39(62)48-26(13-14-30(43)54)37(60)50-29(18-31(44)55)38(61)49-27(8-7-15-53)40(63)52(5)20-33(57)47-28(16-21(2)3)36(59)46-19-32(45)56/h9-12,15,21-22,25-29,34H,6-8,13-14,16-20,41-42H2,1-5H3,(H2,43,54)(H2,44,55)(H2,45,56)(H,46,59)(H,47,57)(H,48,62)(H,49,61)(H,50,60)(H,51,58)/t22-,25-,26-,27-,28-,29-,34-/m0/s1. The fraction of sp³-hybridized carbons (Fsp3) is 0.575. The number of carbonyl (C=O) groups excluding carboxylic acids is 11. The molecule has 0 radical (unpaired) electrons. The first-order valence-electron chi connectivity index (χ1n) is 20.4. The third-order valence-corrected chi connectivity index (χ3v) is 9.66. The van der Waals surface area contributed by atoms with Crippen LogP contribution in [0.1, 0.15) is 78.2 Å². The van der Waals surface area contributed by atoms with Gasteiger partial charge in [-0.2, -0.15) is 0 Å². The average molecular weight is 889 g/mol. The van der Waals surface area contributed by atoms with E-state index in [2.05, 4.69) is 31.9 Å². The van der Waals surface area contributed by atoms with Crippen molar-refractivity contribution in [2.45, 2.75) is 115 Å². The SMILES string of the molecule is CC[C@H](C)[C@H](NC(=O)[C@@H](N)Cc1ccc(N)cc1)C(=O)N[C@@H](CCC(N)=O)C(=O)N[C@@H](CC(N)=O)C(=O)N[C@@H](CCC=O)C(=O)N(C)CC(=O)N[C@@H](CC(C)C)C(=O)NCC(N)=O. The van der Waals surface area contributed by atoms with Gasteiger partial charge in [0.2, 0.25) is 59.1 Å². The second-order valence-electron chi connectivity index (χ2n) is 15.7. The normalized spacial score (nSPS) is 14.2. The van der Waals surface area contributed by atoms with Crippen molar-refractivity contribution in [3.8, 4) is 0 Å². The molecule has 23 nitrogen and oxygen atoms in total. The third kappa shape index (κ3) is 20.6. The van der Waals surface area contributed by atoms with Crippen LogP contribution >= 0.6 is 0 Å². The predicted molar refractivity (Wildman–Crippen MR) is 228 cm³/mol. The molecule has 1 rings (SSSR count). The van der Waals surface area contributed by atoms with Gasteiger partial charge in [0.25, 0.3) is 0 Å². The number of hydrogen-bond acceptors (Lipinski definition) is 13. The first-order chi connectivity index (χ1) is 29.5. The number of benzene rings is 1. The second-order valence-corrected chi connectivity index (χ2v) is 15.7. The molecule has 0 aliphatic carbocycles. The van der Waals surface area contributed by atoms with Crippen molar-refractivity contribution in [1.29, 1.82) is 0 Å². The highest BCUT2D eigenvalue weighted by atomic mass is 16.2. The molecule has 0 spiro atoms. The molecule has 0 aliphatic heterocycles. The Morgan fingerprint density at radius 2 is 1.29 bits per heavy atom. The summed E-state index contributed by atoms with van der Waals surface area (Å²) < 4.78 is 0. The van der Waals surface area contributed by atoms with Crippen LogP contribution in [0.4, 0.5) is 5.69 Å². The monoisotopic (exact) mass is 888 g/mol. The van der Waals surface area contributed by atoms with Gasteiger partial charge < -0.3 is 70.3 Å². The van der Waals surface area contributed by atoms with Gasteiger partial charge in [0.05, 0.1) is 25.6 Å². The predicted octanol–water partition coefficient (Wildman–Crippen LogP) is -4.17. The second kappa shape index (κ2) is 27.3. The summed E-state index contributed by atoms with van der Waals surface area (Å²) in [5.74, 6) is -9.34. The van der Waals surface area contributed by atoms with Gasteiger partial charge in [0.1, 0.15) is 36.5 Å². The van der Waals surface area contributed by atoms with Crippen LogP contribution in [0.5, 0.6) is 0 Å². The smallest absolute Gasteiger partial charge is 0.245 e. The summed E-state index contributed by atoms with van der Waals surface area (Å²) in [6.45, 7) is 5.91. The molecule has 0 unspecified atom stereocenters. The van der Waals surface area contributed by atoms with Crippen LogP contribution < -0.4 is 60.6 Å². The highest BCUT2D eigenvalue weighted by Crippen LogP contribution is 2.13. The number of rotatable bonds is 29. The van der Waals surface area contributed by atoms with E-state index >= 15 is 0 Å². The number of amides is 10. The summed E-state index contributed by atoms with van der Waals surface area (Å²) in [6.07, 6.45) is -1.01. The molecule has 63 heavy (non-hydrogen) atoms. The first-order valence-corrected chi connectivity index (χ1v) is 20.4. The zero-order chi connectivity index (χ0) is 48.0. The van der Waals surface area contributed by atoms with E-state index in [1.807, 2.05) is 0 Å². The summed E-state index contributed by atoms with van der Waals surface area (Å²) in [7, 11) is 1.21. The lowest BCUT2D eigenvalue weighted by Gasteiger charge is -2.29. The molecule has 0 fully saturated rings. The maximum atomic E-state index is 13.8. The fourth-order valence-corrected chi connectivity index (χ4v) is 6.03. The Morgan fingerprint density at radius 1 is 0.698 bits per heavy atom. The van der Waals surface area contributed by atoms with E-state index in [9.17, 15) is 52.7 Å². The summed E-state index contributed by atoms with van der Waals surface area (Å²) in [4.78, 5) is 141. The minimum Gasteiger partial charge on any atom is -0.399 e. The molecule has 350 valence electrons. The van der Waals surface area contributed by atoms with Crippen LogP contribution in [-0.4, -0.2) is 127 Å². The van der Waals surface area contributed by atoms with Crippen molar-refractivity contribution in [1.82, 2.24) is 36.8 Å². The number of carbonyl (C=O) groups is 11. The van der Waals surface area contributed by atoms with Crippen molar-refractivity contribution >= 4 is 71.0 Å². The Balaban J connectivity index is 3.27. The van der Waals surface area contributed by atoms with Gasteiger partial charge in [-0.1, -0.05) is 46.2 Å². The highest BCUT2D eigenvalue weighted by molar-refractivity contribution is 5.98. The zero-order valence-corrected chi connectivity index (χ0v) is 36.4. The molecule has 23 heteroatoms. The minimum absolute atomic E-state index is 0.0776. The van der Waals surface area contributed by atoms with Crippen LogP contribution in [0.25, 0.3) is 0 Å². The Bertz CT molecular complexity index is 1790. The van der Waals surface area contributed by atoms with Gasteiger partial charge in [0.15, 0.2) is 0 Å². The number of nitrogens with zero attached hydrogens (tertiary/aromatic N) is 1. The lowest BCUT2D eigenvalue weighted by atomic mass is 9.96. The molecule has 0 aliphatic rings. The van der Waals surface area contributed by atoms with Crippen molar-refractivity contribution in [3.63, 3.8) is 0 Å². The molecule has 0 saturated carbocycles. The largest absolute Gasteiger partial charge is 0.399 e. The van der Waals surface area contributed by atoms with Gasteiger partial charge in [0, 0.05) is 25.6 Å². The fourth-order valence-electron chi connectivity index (χ4n) is 6.03. The van der Waals surface area contributed by atoms with Crippen LogP contribution in [0.15, 0.2) is 24.3 Å². The number of nitrogen functional groups attached to an aromatic ring is 1. The molecule has 7 atom stereocenters. The molecule has 0 aromatic heterocycles. The molecule has 10 amide bonds. The van der Waals surface area contributed by atoms with Crippen LogP contribution in [0.2, 0.25) is 0 Å². The number of aldehydes is 1. The average Bonchev–Trinajstić information content (AvgIpc) is 3.20. The van der Waals surface area contributed by atoms with Crippen LogP contribution in [0, 0.1) is 11.8 Å². The van der Waals surface area contributed by atoms with Crippen LogP contribution in [0.3, 0.4) is 0 Å². The van der Waals surface area contributed by atoms with Gasteiger partial charge in [-0.25, -0.2) is 0 Å². The maximum Gasteiger partial charge on any atom is 0.245 e. The lowest BCUT2D eigenvalue weighted by molar-refractivity contribution is -0.140. The Kier molecular flexibility index (Phi) is 23.6. The summed E-state index contributed by atoms with van der Waals surface area (Å²) in [5, 5.41) is 14.6. The number of nitrogens with one attached hydrogen (secondary N) is 6. The topological polar surface area (TPSA) is 393 Å². The Labute approximate surface area is 365 Å². The van der Waals surface area contributed by atoms with E-state index in [4.69, 9.17) is 28.7 Å². The van der Waals surface area contributed by atoms with Gasteiger partial charge in [-0.05, 0) is 55.2 Å². The number of hydrogen-bond donors (Lipinski definition) is 11. The molecule has 0 saturated heterocycles. The lowest BCUT2D eigenvalue weighted by Crippen LogP contribution is -2.60. The van der Waals surface area contributed by atoms with Crippen molar-refractivity contribution in [3.05, 3.63) is 29.8 Å². The number of anilines is 1. The molecule has 0 heterocycles. The Morgan fingerprint density at radius 3 is 1.83 bits per heavy atom. The van der Waals surface area contributed by atoms with Crippen molar-refractivity contribution in [2.24, 2.45) is 34.8 Å². The summed E-state index contributed by atoms with van der Waals surface area (Å²) in [5.41, 5.74) is 28.9. The summed E-state index contributed by atoms with van der Waals surface area (Å²) in [6, 6.07) is -1.53. The highest BCUT2D eigenvalue weighted by Gasteiger charge is 2.35. The number of nitrogens with two attached hydrogens (primary N) is 5. The number of likely N-dealkylation sites (N-methyl/N-ethyl adjacent to an activating group) is 1. The van der Waals surface area contributed by atoms with Gasteiger partial charge in [-0.15, -0.1) is 0 Å². The molecular formula is C40H64N12O11. The van der Waals surface area contributed by atoms with Crippen molar-refractivity contribution in [2.75, 3.05) is 25.9 Å². The third-order valence-electron chi connectivity index (χ3n) is 9.66. The molecule has 16 N–H and O–H groups in total. The first kappa shape index (κ1) is 54.4. The van der Waals surface area contributed by atoms with Gasteiger partial charge in [-0.3, -0.25) is 47.9 Å². The van der Waals surface area contributed by atoms with E-state index in [1.165, 1.54) is 7.05 Å². The maximum absolute atomic E-state index is 13.8. The van der Waals surface area contributed by atoms with Gasteiger partial charge >= 0.3 is 0 Å². The van der Waals surface area contributed by atoms with Crippen molar-refractivity contribution < 1.29 is 52.7 Å². The van der Waals surface area contributed by atoms with E-state index < -0.39 is 127 Å². The van der Waals surface area contributed by atoms with E-state index in [1.54, 1.807) is 52.0 Å². The number of primary amides is 3. The quantitative estimate of drug-likeness (QED) is 0.0269. The molecule has 1 aromatic carbocycles. The molecule has 1 aromatic rings. The molecular weight excluding hydrogens is 825 g/mol. The van der Waals surface area contributed by atoms with E-state index in [-0.39, 0.29) is 38.0 Å². The minimum atomic E-state index is -1.77. The Hall–Kier alpha value is -6.65. The van der Waals surface area contributed by atoms with E-state index in [0.29, 0.717) is 24.0 Å². The van der Waals surface area contributed by atoms with E-state index in [0.717, 1.165) is 4.90 Å². The summed E-state index contributed by atoms with van der Waals surface area (Å²) >= 11 is 0.